The number of hydrogen-bond donors (Lipinski definition) is 0. The maximum atomic E-state index is 12.1. The molecule has 2 rings (SSSR count). The van der Waals surface area contributed by atoms with E-state index in [0.29, 0.717) is 24.9 Å². The van der Waals surface area contributed by atoms with Crippen molar-refractivity contribution in [1.82, 2.24) is 4.90 Å². The normalized spacial score (nSPS) is 34.4. The lowest BCUT2D eigenvalue weighted by molar-refractivity contribution is -0.143. The Morgan fingerprint density at radius 3 is 3.00 bits per heavy atom. The molecule has 90 valence electrons. The van der Waals surface area contributed by atoms with Gasteiger partial charge < -0.3 is 9.64 Å². The van der Waals surface area contributed by atoms with Gasteiger partial charge in [0.15, 0.2) is 0 Å². The summed E-state index contributed by atoms with van der Waals surface area (Å²) in [6.07, 6.45) is 7.50. The van der Waals surface area contributed by atoms with Crippen molar-refractivity contribution in [3.8, 4) is 0 Å². The van der Waals surface area contributed by atoms with Gasteiger partial charge in [0.1, 0.15) is 0 Å². The number of ether oxygens (including phenoxy) is 1. The molecule has 0 saturated carbocycles. The summed E-state index contributed by atoms with van der Waals surface area (Å²) in [6.45, 7) is 5.51. The Morgan fingerprint density at radius 2 is 2.31 bits per heavy atom. The van der Waals surface area contributed by atoms with E-state index >= 15 is 0 Å². The van der Waals surface area contributed by atoms with Crippen molar-refractivity contribution in [1.29, 1.82) is 0 Å². The maximum Gasteiger partial charge on any atom is 0.223 e. The Balaban J connectivity index is 1.89. The van der Waals surface area contributed by atoms with Gasteiger partial charge in [-0.1, -0.05) is 12.2 Å². The molecule has 0 aromatic rings. The Morgan fingerprint density at radius 1 is 1.50 bits per heavy atom. The second kappa shape index (κ2) is 5.00. The Bertz CT molecular complexity index is 288. The highest BCUT2D eigenvalue weighted by Gasteiger charge is 2.28. The molecular weight excluding hydrogens is 202 g/mol. The van der Waals surface area contributed by atoms with Gasteiger partial charge in [-0.05, 0) is 32.6 Å². The third-order valence-corrected chi connectivity index (χ3v) is 3.48. The topological polar surface area (TPSA) is 29.5 Å². The van der Waals surface area contributed by atoms with Crippen LogP contribution in [-0.2, 0) is 9.53 Å². The molecule has 16 heavy (non-hydrogen) atoms. The van der Waals surface area contributed by atoms with Gasteiger partial charge in [0, 0.05) is 13.0 Å². The van der Waals surface area contributed by atoms with Crippen LogP contribution in [-0.4, -0.2) is 36.1 Å². The molecule has 0 spiro atoms. The summed E-state index contributed by atoms with van der Waals surface area (Å²) < 4.78 is 5.53. The van der Waals surface area contributed by atoms with E-state index in [2.05, 4.69) is 19.1 Å². The Labute approximate surface area is 97.5 Å². The van der Waals surface area contributed by atoms with E-state index in [1.54, 1.807) is 0 Å². The van der Waals surface area contributed by atoms with Gasteiger partial charge >= 0.3 is 0 Å². The zero-order valence-electron chi connectivity index (χ0n) is 10.2. The number of amides is 1. The predicted molar refractivity (Wildman–Crippen MR) is 63.1 cm³/mol. The summed E-state index contributed by atoms with van der Waals surface area (Å²) in [5.74, 6) is 0.761. The molecular formula is C13H21NO2. The lowest BCUT2D eigenvalue weighted by atomic mass is 10.0. The zero-order valence-corrected chi connectivity index (χ0v) is 10.2. The van der Waals surface area contributed by atoms with Crippen LogP contribution in [0.2, 0.25) is 0 Å². The highest BCUT2D eigenvalue weighted by atomic mass is 16.5. The lowest BCUT2D eigenvalue weighted by Gasteiger charge is -2.37. The van der Waals surface area contributed by atoms with Crippen LogP contribution < -0.4 is 0 Å². The van der Waals surface area contributed by atoms with Gasteiger partial charge in [0.05, 0.1) is 18.8 Å². The minimum absolute atomic E-state index is 0.180. The summed E-state index contributed by atoms with van der Waals surface area (Å²) in [5.41, 5.74) is 0. The summed E-state index contributed by atoms with van der Waals surface area (Å²) in [7, 11) is 0. The van der Waals surface area contributed by atoms with Crippen LogP contribution in [0, 0.1) is 5.92 Å². The second-order valence-corrected chi connectivity index (χ2v) is 5.01. The molecule has 2 aliphatic rings. The van der Waals surface area contributed by atoms with Gasteiger partial charge in [0.2, 0.25) is 5.91 Å². The molecule has 1 amide bonds. The van der Waals surface area contributed by atoms with Gasteiger partial charge in [-0.25, -0.2) is 0 Å². The molecule has 1 fully saturated rings. The van der Waals surface area contributed by atoms with Crippen LogP contribution >= 0.6 is 0 Å². The molecule has 0 N–H and O–H groups in total. The van der Waals surface area contributed by atoms with E-state index in [1.165, 1.54) is 0 Å². The molecule has 1 aliphatic carbocycles. The van der Waals surface area contributed by atoms with Crippen LogP contribution in [0.5, 0.6) is 0 Å². The van der Waals surface area contributed by atoms with Crippen LogP contribution in [0.1, 0.15) is 33.1 Å². The Kier molecular flexibility index (Phi) is 3.64. The molecule has 3 unspecified atom stereocenters. The monoisotopic (exact) mass is 223 g/mol. The quantitative estimate of drug-likeness (QED) is 0.670. The molecule has 0 aromatic carbocycles. The molecule has 3 nitrogen and oxygen atoms in total. The summed E-state index contributed by atoms with van der Waals surface area (Å²) >= 11 is 0. The fourth-order valence-corrected chi connectivity index (χ4v) is 2.46. The number of carbonyl (C=O) groups is 1. The minimum Gasteiger partial charge on any atom is -0.375 e. The molecule has 1 aliphatic heterocycles. The maximum absolute atomic E-state index is 12.1. The molecule has 3 atom stereocenters. The molecule has 0 radical (unpaired) electrons. The standard InChI is InChI=1S/C13H21NO2/c1-10-9-16-11(2)8-14(10)13(15)7-12-5-3-4-6-12/h3,5,10-12H,4,6-9H2,1-2H3. The van der Waals surface area contributed by atoms with Crippen LogP contribution in [0.3, 0.4) is 0 Å². The number of morpholine rings is 1. The van der Waals surface area contributed by atoms with E-state index in [9.17, 15) is 4.79 Å². The van der Waals surface area contributed by atoms with Crippen molar-refractivity contribution in [2.75, 3.05) is 13.2 Å². The van der Waals surface area contributed by atoms with E-state index < -0.39 is 0 Å². The van der Waals surface area contributed by atoms with E-state index in [0.717, 1.165) is 19.4 Å². The number of hydrogen-bond acceptors (Lipinski definition) is 2. The number of rotatable bonds is 2. The fraction of sp³-hybridized carbons (Fsp3) is 0.769. The third-order valence-electron chi connectivity index (χ3n) is 3.48. The molecule has 1 saturated heterocycles. The number of carbonyl (C=O) groups excluding carboxylic acids is 1. The molecule has 0 aromatic heterocycles. The van der Waals surface area contributed by atoms with Crippen LogP contribution in [0.15, 0.2) is 12.2 Å². The first-order valence-electron chi connectivity index (χ1n) is 6.24. The molecule has 1 heterocycles. The van der Waals surface area contributed by atoms with E-state index in [4.69, 9.17) is 4.74 Å². The van der Waals surface area contributed by atoms with Gasteiger partial charge in [-0.3, -0.25) is 4.79 Å². The SMILES string of the molecule is CC1CN(C(=O)CC2C=CCC2)C(C)CO1. The minimum atomic E-state index is 0.180. The predicted octanol–water partition coefficient (Wildman–Crippen LogP) is 1.98. The first-order chi connectivity index (χ1) is 7.66. The van der Waals surface area contributed by atoms with E-state index in [1.807, 2.05) is 11.8 Å². The highest BCUT2D eigenvalue weighted by Crippen LogP contribution is 2.22. The van der Waals surface area contributed by atoms with Crippen molar-refractivity contribution >= 4 is 5.91 Å². The average molecular weight is 223 g/mol. The van der Waals surface area contributed by atoms with E-state index in [-0.39, 0.29) is 12.1 Å². The van der Waals surface area contributed by atoms with Gasteiger partial charge in [-0.2, -0.15) is 0 Å². The highest BCUT2D eigenvalue weighted by molar-refractivity contribution is 5.77. The smallest absolute Gasteiger partial charge is 0.223 e. The van der Waals surface area contributed by atoms with Gasteiger partial charge in [-0.15, -0.1) is 0 Å². The molecule has 0 bridgehead atoms. The fourth-order valence-electron chi connectivity index (χ4n) is 2.46. The second-order valence-electron chi connectivity index (χ2n) is 5.01. The summed E-state index contributed by atoms with van der Waals surface area (Å²) in [4.78, 5) is 14.1. The molecule has 3 heteroatoms. The van der Waals surface area contributed by atoms with Crippen LogP contribution in [0.4, 0.5) is 0 Å². The first kappa shape index (κ1) is 11.6. The summed E-state index contributed by atoms with van der Waals surface area (Å²) in [6, 6.07) is 0.231. The first-order valence-corrected chi connectivity index (χ1v) is 6.24. The van der Waals surface area contributed by atoms with Gasteiger partial charge in [0.25, 0.3) is 0 Å². The van der Waals surface area contributed by atoms with Crippen molar-refractivity contribution in [2.45, 2.75) is 45.3 Å². The van der Waals surface area contributed by atoms with Crippen molar-refractivity contribution in [2.24, 2.45) is 5.92 Å². The third kappa shape index (κ3) is 2.64. The number of allylic oxidation sites excluding steroid dienone is 2. The van der Waals surface area contributed by atoms with Crippen molar-refractivity contribution in [3.05, 3.63) is 12.2 Å². The average Bonchev–Trinajstić information content (AvgIpc) is 2.74. The van der Waals surface area contributed by atoms with Crippen LogP contribution in [0.25, 0.3) is 0 Å². The van der Waals surface area contributed by atoms with Crippen molar-refractivity contribution in [3.63, 3.8) is 0 Å². The summed E-state index contributed by atoms with van der Waals surface area (Å²) in [5, 5.41) is 0. The largest absolute Gasteiger partial charge is 0.375 e. The van der Waals surface area contributed by atoms with Crippen molar-refractivity contribution < 1.29 is 9.53 Å². The lowest BCUT2D eigenvalue weighted by Crippen LogP contribution is -2.50. The Hall–Kier alpha value is -0.830. The number of nitrogens with zero attached hydrogens (tertiary/aromatic N) is 1. The zero-order chi connectivity index (χ0) is 11.5.